The fourth-order valence-corrected chi connectivity index (χ4v) is 5.20. The number of carbonyl (C=O) groups excluding carboxylic acids is 2. The number of nitrogens with one attached hydrogen (secondary N) is 3. The topological polar surface area (TPSA) is 127 Å². The van der Waals surface area contributed by atoms with Crippen molar-refractivity contribution in [3.63, 3.8) is 0 Å². The third kappa shape index (κ3) is 8.14. The summed E-state index contributed by atoms with van der Waals surface area (Å²) >= 11 is 0. The van der Waals surface area contributed by atoms with Crippen molar-refractivity contribution >= 4 is 22.9 Å². The molecule has 0 radical (unpaired) electrons. The van der Waals surface area contributed by atoms with Crippen LogP contribution in [0.15, 0.2) is 85.2 Å². The van der Waals surface area contributed by atoms with Crippen molar-refractivity contribution in [2.45, 2.75) is 77.6 Å². The van der Waals surface area contributed by atoms with Gasteiger partial charge in [0, 0.05) is 36.1 Å². The van der Waals surface area contributed by atoms with Gasteiger partial charge < -0.3 is 24.9 Å². The highest BCUT2D eigenvalue weighted by Crippen LogP contribution is 2.26. The summed E-state index contributed by atoms with van der Waals surface area (Å²) in [6.45, 7) is 9.08. The number of rotatable bonds is 11. The average Bonchev–Trinajstić information content (AvgIpc) is 3.59. The average molecular weight is 608 g/mol. The van der Waals surface area contributed by atoms with Gasteiger partial charge in [-0.3, -0.25) is 9.78 Å². The second-order valence-electron chi connectivity index (χ2n) is 12.7. The molecule has 3 heterocycles. The Labute approximate surface area is 263 Å². The van der Waals surface area contributed by atoms with Crippen molar-refractivity contribution in [3.05, 3.63) is 114 Å². The summed E-state index contributed by atoms with van der Waals surface area (Å²) in [5, 5.41) is 16.3. The maximum absolute atomic E-state index is 13.9. The predicted molar refractivity (Wildman–Crippen MR) is 174 cm³/mol. The molecule has 0 saturated carbocycles. The Balaban J connectivity index is 1.50. The quantitative estimate of drug-likeness (QED) is 0.177. The molecular weight excluding hydrogens is 566 g/mol. The first-order chi connectivity index (χ1) is 21.5. The second kappa shape index (κ2) is 13.3. The van der Waals surface area contributed by atoms with E-state index in [-0.39, 0.29) is 5.91 Å². The van der Waals surface area contributed by atoms with Crippen molar-refractivity contribution in [3.8, 4) is 0 Å². The van der Waals surface area contributed by atoms with Gasteiger partial charge >= 0.3 is 6.09 Å². The molecule has 5 aromatic rings. The Kier molecular flexibility index (Phi) is 9.32. The smallest absolute Gasteiger partial charge is 0.408 e. The van der Waals surface area contributed by atoms with Crippen LogP contribution in [0.4, 0.5) is 4.79 Å². The van der Waals surface area contributed by atoms with Crippen molar-refractivity contribution in [2.75, 3.05) is 0 Å². The van der Waals surface area contributed by atoms with Gasteiger partial charge in [0.15, 0.2) is 5.82 Å². The standard InChI is InChI=1S/C35H41N7O3/c1-34(2,3)45-33(44)39-35(4,5)32(43)38-29(21-25-22-37-28-17-10-9-16-27(25)28)31-41-40-30(19-18-24-13-7-6-8-14-24)42(31)23-26-15-11-12-20-36-26/h6-17,20,22,29,37H,18-19,21,23H2,1-5H3,(H,38,43)(H,39,44)/t29-/m1/s1. The molecule has 3 aromatic heterocycles. The van der Waals surface area contributed by atoms with Crippen molar-refractivity contribution in [1.82, 2.24) is 35.4 Å². The number of para-hydroxylation sites is 1. The van der Waals surface area contributed by atoms with Crippen LogP contribution in [0.2, 0.25) is 0 Å². The molecule has 10 heteroatoms. The Morgan fingerprint density at radius 1 is 0.911 bits per heavy atom. The first kappa shape index (κ1) is 31.4. The van der Waals surface area contributed by atoms with E-state index in [0.717, 1.165) is 34.4 Å². The highest BCUT2D eigenvalue weighted by Gasteiger charge is 2.35. The molecule has 0 spiro atoms. The van der Waals surface area contributed by atoms with E-state index >= 15 is 0 Å². The number of benzene rings is 2. The maximum atomic E-state index is 13.9. The molecule has 2 amide bonds. The Hall–Kier alpha value is -4.99. The van der Waals surface area contributed by atoms with Crippen LogP contribution in [0.3, 0.4) is 0 Å². The molecule has 234 valence electrons. The number of aromatic amines is 1. The van der Waals surface area contributed by atoms with Crippen molar-refractivity contribution in [2.24, 2.45) is 0 Å². The van der Waals surface area contributed by atoms with Crippen LogP contribution in [-0.2, 0) is 35.3 Å². The van der Waals surface area contributed by atoms with Crippen LogP contribution in [0.5, 0.6) is 0 Å². The number of carbonyl (C=O) groups is 2. The third-order valence-electron chi connectivity index (χ3n) is 7.48. The van der Waals surface area contributed by atoms with E-state index in [9.17, 15) is 9.59 Å². The summed E-state index contributed by atoms with van der Waals surface area (Å²) in [6, 6.07) is 23.5. The number of alkyl carbamates (subject to hydrolysis) is 1. The van der Waals surface area contributed by atoms with Crippen molar-refractivity contribution < 1.29 is 14.3 Å². The minimum atomic E-state index is -1.28. The highest BCUT2D eigenvalue weighted by atomic mass is 16.6. The molecule has 0 fully saturated rings. The van der Waals surface area contributed by atoms with E-state index < -0.39 is 23.3 Å². The Bertz CT molecular complexity index is 1740. The number of aryl methyl sites for hydroxylation is 2. The molecule has 2 aromatic carbocycles. The number of fused-ring (bicyclic) bond motifs is 1. The number of aromatic nitrogens is 5. The number of H-pyrrole nitrogens is 1. The summed E-state index contributed by atoms with van der Waals surface area (Å²) in [5.74, 6) is 1.02. The van der Waals surface area contributed by atoms with Crippen molar-refractivity contribution in [1.29, 1.82) is 0 Å². The van der Waals surface area contributed by atoms with E-state index in [1.165, 1.54) is 5.56 Å². The second-order valence-corrected chi connectivity index (χ2v) is 12.7. The number of hydrogen-bond donors (Lipinski definition) is 3. The van der Waals surface area contributed by atoms with Gasteiger partial charge in [-0.25, -0.2) is 4.79 Å². The van der Waals surface area contributed by atoms with E-state index in [0.29, 0.717) is 25.2 Å². The fraction of sp³-hybridized carbons (Fsp3) is 0.343. The molecule has 0 saturated heterocycles. The molecule has 0 aliphatic heterocycles. The zero-order chi connectivity index (χ0) is 32.0. The van der Waals surface area contributed by atoms with Gasteiger partial charge in [0.25, 0.3) is 0 Å². The number of hydrogen-bond acceptors (Lipinski definition) is 6. The predicted octanol–water partition coefficient (Wildman–Crippen LogP) is 5.69. The molecule has 45 heavy (non-hydrogen) atoms. The van der Waals surface area contributed by atoms with E-state index in [1.807, 2.05) is 60.8 Å². The van der Waals surface area contributed by atoms with Crippen LogP contribution in [0, 0.1) is 0 Å². The molecule has 3 N–H and O–H groups in total. The molecule has 5 rings (SSSR count). The lowest BCUT2D eigenvalue weighted by atomic mass is 10.0. The van der Waals surface area contributed by atoms with Crippen LogP contribution in [0.25, 0.3) is 10.9 Å². The minimum absolute atomic E-state index is 0.378. The summed E-state index contributed by atoms with van der Waals surface area (Å²) in [7, 11) is 0. The molecule has 0 bridgehead atoms. The largest absolute Gasteiger partial charge is 0.444 e. The van der Waals surface area contributed by atoms with Gasteiger partial charge in [-0.15, -0.1) is 10.2 Å². The lowest BCUT2D eigenvalue weighted by Crippen LogP contribution is -2.56. The van der Waals surface area contributed by atoms with Gasteiger partial charge in [-0.1, -0.05) is 54.6 Å². The van der Waals surface area contributed by atoms with E-state index in [2.05, 4.69) is 53.6 Å². The van der Waals surface area contributed by atoms with Gasteiger partial charge in [0.05, 0.1) is 18.3 Å². The zero-order valence-electron chi connectivity index (χ0n) is 26.5. The number of amides is 2. The zero-order valence-corrected chi connectivity index (χ0v) is 26.5. The van der Waals surface area contributed by atoms with Crippen LogP contribution < -0.4 is 10.6 Å². The maximum Gasteiger partial charge on any atom is 0.408 e. The molecular formula is C35H41N7O3. The molecule has 1 atom stereocenters. The first-order valence-electron chi connectivity index (χ1n) is 15.2. The highest BCUT2D eigenvalue weighted by molar-refractivity contribution is 5.89. The lowest BCUT2D eigenvalue weighted by molar-refractivity contribution is -0.127. The molecule has 0 aliphatic rings. The molecule has 0 aliphatic carbocycles. The summed E-state index contributed by atoms with van der Waals surface area (Å²) in [4.78, 5) is 34.4. The Morgan fingerprint density at radius 3 is 2.38 bits per heavy atom. The number of ether oxygens (including phenoxy) is 1. The summed E-state index contributed by atoms with van der Waals surface area (Å²) in [5.41, 5.74) is 2.10. The van der Waals surface area contributed by atoms with Crippen LogP contribution >= 0.6 is 0 Å². The fourth-order valence-electron chi connectivity index (χ4n) is 5.20. The third-order valence-corrected chi connectivity index (χ3v) is 7.48. The van der Waals surface area contributed by atoms with E-state index in [1.54, 1.807) is 40.8 Å². The van der Waals surface area contributed by atoms with Crippen LogP contribution in [-0.4, -0.2) is 47.9 Å². The van der Waals surface area contributed by atoms with E-state index in [4.69, 9.17) is 4.74 Å². The Morgan fingerprint density at radius 2 is 1.64 bits per heavy atom. The van der Waals surface area contributed by atoms with Crippen LogP contribution in [0.1, 0.15) is 69.1 Å². The van der Waals surface area contributed by atoms with Gasteiger partial charge in [0.1, 0.15) is 17.0 Å². The monoisotopic (exact) mass is 607 g/mol. The summed E-state index contributed by atoms with van der Waals surface area (Å²) < 4.78 is 7.49. The minimum Gasteiger partial charge on any atom is -0.444 e. The molecule has 0 unspecified atom stereocenters. The van der Waals surface area contributed by atoms with Gasteiger partial charge in [-0.05, 0) is 70.4 Å². The summed E-state index contributed by atoms with van der Waals surface area (Å²) in [6.07, 6.45) is 4.94. The number of pyridine rings is 1. The normalized spacial score (nSPS) is 12.6. The van der Waals surface area contributed by atoms with Gasteiger partial charge in [-0.2, -0.15) is 0 Å². The first-order valence-corrected chi connectivity index (χ1v) is 15.2. The van der Waals surface area contributed by atoms with Gasteiger partial charge in [0.2, 0.25) is 5.91 Å². The lowest BCUT2D eigenvalue weighted by Gasteiger charge is -2.29. The molecule has 10 nitrogen and oxygen atoms in total. The number of nitrogens with zero attached hydrogens (tertiary/aromatic N) is 4. The SMILES string of the molecule is CC(C)(C)OC(=O)NC(C)(C)C(=O)N[C@H](Cc1c[nH]c2ccccc12)c1nnc(CCc2ccccc2)n1Cc1ccccn1.